The van der Waals surface area contributed by atoms with Crippen molar-refractivity contribution < 1.29 is 22.8 Å². The second-order valence-corrected chi connectivity index (χ2v) is 5.77. The number of carbonyl (C=O) groups excluding carboxylic acids is 2. The van der Waals surface area contributed by atoms with Gasteiger partial charge in [0.25, 0.3) is 5.91 Å². The minimum atomic E-state index is -4.50. The summed E-state index contributed by atoms with van der Waals surface area (Å²) in [5.74, 6) is -1.42. The Bertz CT molecular complexity index is 776. The molecule has 8 heteroatoms. The summed E-state index contributed by atoms with van der Waals surface area (Å²) in [4.78, 5) is 23.7. The van der Waals surface area contributed by atoms with E-state index in [2.05, 4.69) is 5.32 Å². The number of rotatable bonds is 5. The first-order valence-electron chi connectivity index (χ1n) is 7.18. The monoisotopic (exact) mass is 370 g/mol. The number of nitrogens with two attached hydrogens (primary N) is 1. The van der Waals surface area contributed by atoms with Gasteiger partial charge >= 0.3 is 6.18 Å². The SMILES string of the molecule is NC(=O)[C@H](Cc1cccc(C(F)(F)F)c1)NC(=O)c1ccc(Cl)cc1. The average Bonchev–Trinajstić information content (AvgIpc) is 2.54. The van der Waals surface area contributed by atoms with Gasteiger partial charge in [-0.2, -0.15) is 13.2 Å². The summed E-state index contributed by atoms with van der Waals surface area (Å²) < 4.78 is 38.3. The van der Waals surface area contributed by atoms with E-state index in [-0.39, 0.29) is 17.5 Å². The molecule has 2 aromatic carbocycles. The van der Waals surface area contributed by atoms with E-state index < -0.39 is 29.6 Å². The Morgan fingerprint density at radius 2 is 1.76 bits per heavy atom. The number of amides is 2. The van der Waals surface area contributed by atoms with Crippen molar-refractivity contribution in [2.75, 3.05) is 0 Å². The van der Waals surface area contributed by atoms with Gasteiger partial charge in [-0.25, -0.2) is 0 Å². The van der Waals surface area contributed by atoms with Gasteiger partial charge < -0.3 is 11.1 Å². The summed E-state index contributed by atoms with van der Waals surface area (Å²) in [6, 6.07) is 9.29. The fourth-order valence-corrected chi connectivity index (χ4v) is 2.30. The molecule has 4 nitrogen and oxygen atoms in total. The Balaban J connectivity index is 2.15. The van der Waals surface area contributed by atoms with Crippen molar-refractivity contribution in [1.82, 2.24) is 5.32 Å². The van der Waals surface area contributed by atoms with E-state index in [4.69, 9.17) is 17.3 Å². The molecule has 0 unspecified atom stereocenters. The number of benzene rings is 2. The first-order chi connectivity index (χ1) is 11.7. The molecule has 0 heterocycles. The van der Waals surface area contributed by atoms with Gasteiger partial charge in [0, 0.05) is 17.0 Å². The molecular formula is C17H14ClF3N2O2. The van der Waals surface area contributed by atoms with Crippen molar-refractivity contribution in [2.45, 2.75) is 18.6 Å². The number of primary amides is 1. The largest absolute Gasteiger partial charge is 0.416 e. The minimum absolute atomic E-state index is 0.154. The molecule has 2 amide bonds. The lowest BCUT2D eigenvalue weighted by Gasteiger charge is -2.16. The van der Waals surface area contributed by atoms with Crippen LogP contribution in [0, 0.1) is 0 Å². The van der Waals surface area contributed by atoms with Crippen molar-refractivity contribution in [3.63, 3.8) is 0 Å². The smallest absolute Gasteiger partial charge is 0.368 e. The van der Waals surface area contributed by atoms with Crippen molar-refractivity contribution in [3.8, 4) is 0 Å². The molecule has 0 radical (unpaired) electrons. The van der Waals surface area contributed by atoms with E-state index in [1.54, 1.807) is 0 Å². The van der Waals surface area contributed by atoms with Crippen LogP contribution in [0.25, 0.3) is 0 Å². The van der Waals surface area contributed by atoms with Gasteiger partial charge in [-0.1, -0.05) is 29.8 Å². The molecule has 0 aliphatic rings. The maximum atomic E-state index is 12.8. The maximum Gasteiger partial charge on any atom is 0.416 e. The zero-order valence-electron chi connectivity index (χ0n) is 12.8. The van der Waals surface area contributed by atoms with Crippen LogP contribution in [0.4, 0.5) is 13.2 Å². The van der Waals surface area contributed by atoms with Crippen LogP contribution in [-0.4, -0.2) is 17.9 Å². The molecule has 1 atom stereocenters. The fraction of sp³-hybridized carbons (Fsp3) is 0.176. The van der Waals surface area contributed by atoms with Crippen LogP contribution in [0.2, 0.25) is 5.02 Å². The molecule has 0 aliphatic carbocycles. The minimum Gasteiger partial charge on any atom is -0.368 e. The number of nitrogens with one attached hydrogen (secondary N) is 1. The van der Waals surface area contributed by atoms with E-state index in [1.165, 1.54) is 36.4 Å². The van der Waals surface area contributed by atoms with Gasteiger partial charge in [-0.3, -0.25) is 9.59 Å². The number of hydrogen-bond donors (Lipinski definition) is 2. The van der Waals surface area contributed by atoms with Crippen LogP contribution in [-0.2, 0) is 17.4 Å². The molecule has 0 bridgehead atoms. The van der Waals surface area contributed by atoms with E-state index >= 15 is 0 Å². The average molecular weight is 371 g/mol. The molecule has 132 valence electrons. The molecule has 0 aromatic heterocycles. The predicted octanol–water partition coefficient (Wildman–Crippen LogP) is 3.19. The molecule has 0 aliphatic heterocycles. The van der Waals surface area contributed by atoms with Crippen LogP contribution in [0.1, 0.15) is 21.5 Å². The molecule has 2 rings (SSSR count). The van der Waals surface area contributed by atoms with E-state index in [1.807, 2.05) is 0 Å². The first-order valence-corrected chi connectivity index (χ1v) is 7.56. The van der Waals surface area contributed by atoms with Crippen molar-refractivity contribution in [1.29, 1.82) is 0 Å². The Morgan fingerprint density at radius 3 is 2.32 bits per heavy atom. The molecule has 2 aromatic rings. The lowest BCUT2D eigenvalue weighted by molar-refractivity contribution is -0.137. The van der Waals surface area contributed by atoms with Crippen LogP contribution in [0.15, 0.2) is 48.5 Å². The molecule has 3 N–H and O–H groups in total. The highest BCUT2D eigenvalue weighted by Gasteiger charge is 2.30. The summed E-state index contributed by atoms with van der Waals surface area (Å²) in [5.41, 5.74) is 4.91. The molecular weight excluding hydrogens is 357 g/mol. The van der Waals surface area contributed by atoms with Crippen molar-refractivity contribution >= 4 is 23.4 Å². The highest BCUT2D eigenvalue weighted by Crippen LogP contribution is 2.29. The lowest BCUT2D eigenvalue weighted by atomic mass is 10.0. The fourth-order valence-electron chi connectivity index (χ4n) is 2.18. The van der Waals surface area contributed by atoms with Crippen LogP contribution >= 0.6 is 11.6 Å². The maximum absolute atomic E-state index is 12.8. The summed E-state index contributed by atoms with van der Waals surface area (Å²) in [5, 5.41) is 2.86. The second kappa shape index (κ2) is 7.57. The van der Waals surface area contributed by atoms with Crippen LogP contribution in [0.5, 0.6) is 0 Å². The summed E-state index contributed by atoms with van der Waals surface area (Å²) in [7, 11) is 0. The van der Waals surface area contributed by atoms with Gasteiger partial charge in [0.05, 0.1) is 5.56 Å². The third kappa shape index (κ3) is 5.22. The number of carbonyl (C=O) groups is 2. The van der Waals surface area contributed by atoms with Gasteiger partial charge in [-0.05, 0) is 35.9 Å². The lowest BCUT2D eigenvalue weighted by Crippen LogP contribution is -2.45. The summed E-state index contributed by atoms with van der Waals surface area (Å²) >= 11 is 5.73. The first kappa shape index (κ1) is 18.8. The highest BCUT2D eigenvalue weighted by molar-refractivity contribution is 6.30. The zero-order chi connectivity index (χ0) is 18.6. The van der Waals surface area contributed by atoms with Gasteiger partial charge in [0.2, 0.25) is 5.91 Å². The normalized spacial score (nSPS) is 12.5. The predicted molar refractivity (Wildman–Crippen MR) is 87.0 cm³/mol. The Morgan fingerprint density at radius 1 is 1.12 bits per heavy atom. The van der Waals surface area contributed by atoms with Gasteiger partial charge in [0.15, 0.2) is 0 Å². The van der Waals surface area contributed by atoms with Crippen LogP contribution < -0.4 is 11.1 Å². The Labute approximate surface area is 146 Å². The molecule has 0 saturated heterocycles. The topological polar surface area (TPSA) is 72.2 Å². The van der Waals surface area contributed by atoms with Gasteiger partial charge in [-0.15, -0.1) is 0 Å². The van der Waals surface area contributed by atoms with Crippen molar-refractivity contribution in [3.05, 3.63) is 70.2 Å². The molecule has 0 saturated carbocycles. The molecule has 25 heavy (non-hydrogen) atoms. The van der Waals surface area contributed by atoms with Crippen LogP contribution in [0.3, 0.4) is 0 Å². The standard InChI is InChI=1S/C17H14ClF3N2O2/c18-13-6-4-11(5-7-13)16(25)23-14(15(22)24)9-10-2-1-3-12(8-10)17(19,20)21/h1-8,14H,9H2,(H2,22,24)(H,23,25)/t14-/m0/s1. The zero-order valence-corrected chi connectivity index (χ0v) is 13.6. The number of alkyl halides is 3. The summed E-state index contributed by atoms with van der Waals surface area (Å²) in [6.45, 7) is 0. The van der Waals surface area contributed by atoms with E-state index in [0.717, 1.165) is 12.1 Å². The number of halogens is 4. The molecule has 0 fully saturated rings. The molecule has 0 spiro atoms. The quantitative estimate of drug-likeness (QED) is 0.848. The Hall–Kier alpha value is -2.54. The van der Waals surface area contributed by atoms with Gasteiger partial charge in [0.1, 0.15) is 6.04 Å². The number of hydrogen-bond acceptors (Lipinski definition) is 2. The summed E-state index contributed by atoms with van der Waals surface area (Å²) in [6.07, 6.45) is -4.65. The Kier molecular flexibility index (Phi) is 5.69. The van der Waals surface area contributed by atoms with Crippen molar-refractivity contribution in [2.24, 2.45) is 5.73 Å². The third-order valence-electron chi connectivity index (χ3n) is 3.45. The third-order valence-corrected chi connectivity index (χ3v) is 3.70. The van der Waals surface area contributed by atoms with E-state index in [9.17, 15) is 22.8 Å². The van der Waals surface area contributed by atoms with E-state index in [0.29, 0.717) is 5.02 Å². The second-order valence-electron chi connectivity index (χ2n) is 5.34. The highest BCUT2D eigenvalue weighted by atomic mass is 35.5.